The lowest BCUT2D eigenvalue weighted by Crippen LogP contribution is -2.12. The highest BCUT2D eigenvalue weighted by atomic mass is 16.2. The number of carbonyl (C=O) groups excluding carboxylic acids is 1. The van der Waals surface area contributed by atoms with E-state index < -0.39 is 0 Å². The Kier molecular flexibility index (Phi) is 4.99. The van der Waals surface area contributed by atoms with Crippen molar-refractivity contribution in [3.05, 3.63) is 29.3 Å². The number of amides is 1. The highest BCUT2D eigenvalue weighted by Crippen LogP contribution is 2.16. The summed E-state index contributed by atoms with van der Waals surface area (Å²) < 4.78 is 0. The molecule has 1 aromatic carbocycles. The Morgan fingerprint density at radius 1 is 1.31 bits per heavy atom. The fourth-order valence-electron chi connectivity index (χ4n) is 1.56. The lowest BCUT2D eigenvalue weighted by atomic mass is 10.1. The number of aryl methyl sites for hydroxylation is 2. The van der Waals surface area contributed by atoms with Gasteiger partial charge in [0.25, 0.3) is 0 Å². The molecule has 0 heterocycles. The van der Waals surface area contributed by atoms with Crippen molar-refractivity contribution in [2.75, 3.05) is 11.9 Å². The van der Waals surface area contributed by atoms with Crippen LogP contribution in [0.5, 0.6) is 0 Å². The number of unbranched alkanes of at least 4 members (excludes halogenated alkanes) is 1. The maximum absolute atomic E-state index is 11.5. The van der Waals surface area contributed by atoms with Crippen molar-refractivity contribution in [1.82, 2.24) is 0 Å². The smallest absolute Gasteiger partial charge is 0.224 e. The van der Waals surface area contributed by atoms with Gasteiger partial charge >= 0.3 is 0 Å². The molecular formula is C13H19NO2. The molecule has 0 spiro atoms. The van der Waals surface area contributed by atoms with E-state index in [2.05, 4.69) is 5.32 Å². The van der Waals surface area contributed by atoms with Crippen molar-refractivity contribution < 1.29 is 9.90 Å². The molecule has 0 aliphatic carbocycles. The molecule has 0 aliphatic rings. The van der Waals surface area contributed by atoms with Gasteiger partial charge < -0.3 is 10.4 Å². The maximum atomic E-state index is 11.5. The van der Waals surface area contributed by atoms with E-state index in [-0.39, 0.29) is 12.5 Å². The van der Waals surface area contributed by atoms with Crippen molar-refractivity contribution in [2.24, 2.45) is 0 Å². The van der Waals surface area contributed by atoms with Crippen molar-refractivity contribution in [2.45, 2.75) is 33.1 Å². The van der Waals surface area contributed by atoms with E-state index in [1.165, 1.54) is 5.56 Å². The van der Waals surface area contributed by atoms with Crippen molar-refractivity contribution in [3.8, 4) is 0 Å². The number of rotatable bonds is 5. The molecule has 0 saturated carbocycles. The van der Waals surface area contributed by atoms with E-state index in [0.717, 1.165) is 17.7 Å². The van der Waals surface area contributed by atoms with Crippen LogP contribution in [0, 0.1) is 13.8 Å². The molecule has 2 N–H and O–H groups in total. The average molecular weight is 221 g/mol. The molecule has 1 amide bonds. The van der Waals surface area contributed by atoms with Crippen molar-refractivity contribution in [1.29, 1.82) is 0 Å². The van der Waals surface area contributed by atoms with Crippen molar-refractivity contribution in [3.63, 3.8) is 0 Å². The largest absolute Gasteiger partial charge is 0.396 e. The summed E-state index contributed by atoms with van der Waals surface area (Å²) in [7, 11) is 0. The summed E-state index contributed by atoms with van der Waals surface area (Å²) >= 11 is 0. The van der Waals surface area contributed by atoms with Gasteiger partial charge in [0.05, 0.1) is 0 Å². The summed E-state index contributed by atoms with van der Waals surface area (Å²) in [5.74, 6) is 0.0143. The van der Waals surface area contributed by atoms with Gasteiger partial charge in [-0.15, -0.1) is 0 Å². The zero-order chi connectivity index (χ0) is 12.0. The van der Waals surface area contributed by atoms with Crippen LogP contribution in [0.15, 0.2) is 18.2 Å². The Hall–Kier alpha value is -1.35. The molecule has 0 bridgehead atoms. The molecule has 16 heavy (non-hydrogen) atoms. The van der Waals surface area contributed by atoms with Gasteiger partial charge in [-0.1, -0.05) is 17.7 Å². The summed E-state index contributed by atoms with van der Waals surface area (Å²) in [6, 6.07) is 5.95. The number of nitrogens with one attached hydrogen (secondary N) is 1. The average Bonchev–Trinajstić information content (AvgIpc) is 2.23. The molecule has 3 nitrogen and oxygen atoms in total. The third-order valence-electron chi connectivity index (χ3n) is 2.47. The monoisotopic (exact) mass is 221 g/mol. The Morgan fingerprint density at radius 2 is 2.06 bits per heavy atom. The lowest BCUT2D eigenvalue weighted by Gasteiger charge is -2.08. The molecule has 0 aliphatic heterocycles. The van der Waals surface area contributed by atoms with Crippen LogP contribution in [-0.2, 0) is 4.79 Å². The van der Waals surface area contributed by atoms with Crippen LogP contribution >= 0.6 is 0 Å². The van der Waals surface area contributed by atoms with E-state index in [4.69, 9.17) is 5.11 Å². The van der Waals surface area contributed by atoms with E-state index >= 15 is 0 Å². The van der Waals surface area contributed by atoms with Crippen LogP contribution in [0.4, 0.5) is 5.69 Å². The van der Waals surface area contributed by atoms with Gasteiger partial charge in [0.15, 0.2) is 0 Å². The van der Waals surface area contributed by atoms with Gasteiger partial charge in [0.1, 0.15) is 0 Å². The zero-order valence-corrected chi connectivity index (χ0v) is 9.92. The minimum Gasteiger partial charge on any atom is -0.396 e. The normalized spacial score (nSPS) is 10.2. The fourth-order valence-corrected chi connectivity index (χ4v) is 1.56. The molecule has 0 saturated heterocycles. The van der Waals surface area contributed by atoms with Crippen LogP contribution in [0.3, 0.4) is 0 Å². The van der Waals surface area contributed by atoms with E-state index in [1.54, 1.807) is 0 Å². The molecule has 1 aromatic rings. The highest BCUT2D eigenvalue weighted by Gasteiger charge is 2.04. The summed E-state index contributed by atoms with van der Waals surface area (Å²) in [5, 5.41) is 11.5. The van der Waals surface area contributed by atoms with E-state index in [1.807, 2.05) is 32.0 Å². The first kappa shape index (κ1) is 12.7. The Labute approximate surface area is 96.5 Å². The number of hydrogen-bond donors (Lipinski definition) is 2. The molecule has 0 atom stereocenters. The second-order valence-corrected chi connectivity index (χ2v) is 4.05. The minimum atomic E-state index is 0.0143. The number of aliphatic hydroxyl groups is 1. The third kappa shape index (κ3) is 4.03. The minimum absolute atomic E-state index is 0.0143. The lowest BCUT2D eigenvalue weighted by molar-refractivity contribution is -0.116. The SMILES string of the molecule is Cc1ccc(NC(=O)CCCCO)c(C)c1. The second-order valence-electron chi connectivity index (χ2n) is 4.05. The molecule has 88 valence electrons. The summed E-state index contributed by atoms with van der Waals surface area (Å²) in [4.78, 5) is 11.5. The van der Waals surface area contributed by atoms with Gasteiger partial charge in [0, 0.05) is 18.7 Å². The third-order valence-corrected chi connectivity index (χ3v) is 2.47. The van der Waals surface area contributed by atoms with Gasteiger partial charge in [-0.3, -0.25) is 4.79 Å². The molecule has 3 heteroatoms. The van der Waals surface area contributed by atoms with Crippen LogP contribution in [-0.4, -0.2) is 17.6 Å². The predicted octanol–water partition coefficient (Wildman–Crippen LogP) is 2.40. The van der Waals surface area contributed by atoms with Crippen LogP contribution < -0.4 is 5.32 Å². The van der Waals surface area contributed by atoms with E-state index in [0.29, 0.717) is 12.8 Å². The topological polar surface area (TPSA) is 49.3 Å². The fraction of sp³-hybridized carbons (Fsp3) is 0.462. The number of anilines is 1. The van der Waals surface area contributed by atoms with Crippen molar-refractivity contribution >= 4 is 11.6 Å². The predicted molar refractivity (Wildman–Crippen MR) is 65.5 cm³/mol. The van der Waals surface area contributed by atoms with Crippen LogP contribution in [0.2, 0.25) is 0 Å². The van der Waals surface area contributed by atoms with Gasteiger partial charge in [-0.05, 0) is 38.3 Å². The number of carbonyl (C=O) groups is 1. The molecule has 0 radical (unpaired) electrons. The zero-order valence-electron chi connectivity index (χ0n) is 9.92. The van der Waals surface area contributed by atoms with Gasteiger partial charge in [-0.25, -0.2) is 0 Å². The molecular weight excluding hydrogens is 202 g/mol. The number of aliphatic hydroxyl groups excluding tert-OH is 1. The molecule has 0 unspecified atom stereocenters. The van der Waals surface area contributed by atoms with Gasteiger partial charge in [-0.2, -0.15) is 0 Å². The first-order chi connectivity index (χ1) is 7.63. The van der Waals surface area contributed by atoms with E-state index in [9.17, 15) is 4.79 Å². The molecule has 0 fully saturated rings. The number of hydrogen-bond acceptors (Lipinski definition) is 2. The van der Waals surface area contributed by atoms with Gasteiger partial charge in [0.2, 0.25) is 5.91 Å². The number of benzene rings is 1. The summed E-state index contributed by atoms with van der Waals surface area (Å²) in [6.45, 7) is 4.16. The molecule has 1 rings (SSSR count). The first-order valence-corrected chi connectivity index (χ1v) is 5.61. The summed E-state index contributed by atoms with van der Waals surface area (Å²) in [6.07, 6.45) is 1.88. The quantitative estimate of drug-likeness (QED) is 0.750. The Bertz CT molecular complexity index is 361. The highest BCUT2D eigenvalue weighted by molar-refractivity contribution is 5.91. The Balaban J connectivity index is 2.49. The first-order valence-electron chi connectivity index (χ1n) is 5.61. The van der Waals surface area contributed by atoms with Crippen LogP contribution in [0.25, 0.3) is 0 Å². The maximum Gasteiger partial charge on any atom is 0.224 e. The standard InChI is InChI=1S/C13H19NO2/c1-10-6-7-12(11(2)9-10)14-13(16)5-3-4-8-15/h6-7,9,15H,3-5,8H2,1-2H3,(H,14,16). The summed E-state index contributed by atoms with van der Waals surface area (Å²) in [5.41, 5.74) is 3.14. The molecule has 0 aromatic heterocycles. The Morgan fingerprint density at radius 3 is 2.69 bits per heavy atom. The van der Waals surface area contributed by atoms with Crippen LogP contribution in [0.1, 0.15) is 30.4 Å². The second kappa shape index (κ2) is 6.28.